The van der Waals surface area contributed by atoms with E-state index >= 15 is 0 Å². The number of pyridine rings is 1. The molecule has 0 spiro atoms. The molecule has 212 valence electrons. The Morgan fingerprint density at radius 2 is 1.74 bits per heavy atom. The third-order valence-electron chi connectivity index (χ3n) is 6.13. The highest BCUT2D eigenvalue weighted by Crippen LogP contribution is 2.29. The number of hydrogen-bond donors (Lipinski definition) is 2. The van der Waals surface area contributed by atoms with Crippen molar-refractivity contribution in [2.75, 3.05) is 39.3 Å². The van der Waals surface area contributed by atoms with Gasteiger partial charge in [-0.05, 0) is 58.7 Å². The quantitative estimate of drug-likeness (QED) is 0.387. The van der Waals surface area contributed by atoms with Crippen molar-refractivity contribution in [3.8, 4) is 5.75 Å². The van der Waals surface area contributed by atoms with Crippen LogP contribution in [0.2, 0.25) is 5.02 Å². The normalized spacial score (nSPS) is 14.6. The van der Waals surface area contributed by atoms with Gasteiger partial charge in [-0.3, -0.25) is 14.4 Å². The lowest BCUT2D eigenvalue weighted by Gasteiger charge is -2.35. The molecule has 12 heteroatoms. The number of carbonyl (C=O) groups is 4. The van der Waals surface area contributed by atoms with Gasteiger partial charge < -0.3 is 29.7 Å². The molecule has 3 amide bonds. The minimum Gasteiger partial charge on any atom is -0.507 e. The highest BCUT2D eigenvalue weighted by Gasteiger charge is 2.36. The first kappa shape index (κ1) is 29.9. The van der Waals surface area contributed by atoms with Crippen LogP contribution < -0.4 is 5.32 Å². The van der Waals surface area contributed by atoms with E-state index in [2.05, 4.69) is 10.3 Å². The Kier molecular flexibility index (Phi) is 9.60. The molecule has 2 heterocycles. The summed E-state index contributed by atoms with van der Waals surface area (Å²) in [4.78, 5) is 58.5. The molecule has 1 unspecified atom stereocenters. The van der Waals surface area contributed by atoms with Gasteiger partial charge in [0.1, 0.15) is 23.0 Å². The number of fused-ring (bicyclic) bond motifs is 1. The number of piperazine rings is 1. The maximum Gasteiger partial charge on any atom is 0.409 e. The van der Waals surface area contributed by atoms with Gasteiger partial charge in [0, 0.05) is 49.2 Å². The number of hydrogen-bond acceptors (Lipinski definition) is 8. The number of esters is 1. The van der Waals surface area contributed by atoms with Gasteiger partial charge in [0.15, 0.2) is 0 Å². The Hall–Kier alpha value is -3.60. The number of aromatic hydroxyl groups is 1. The first-order valence-electron chi connectivity index (χ1n) is 12.8. The molecule has 39 heavy (non-hydrogen) atoms. The van der Waals surface area contributed by atoms with Crippen LogP contribution in [-0.4, -0.2) is 88.7 Å². The molecule has 1 saturated heterocycles. The predicted octanol–water partition coefficient (Wildman–Crippen LogP) is 3.28. The van der Waals surface area contributed by atoms with E-state index in [1.165, 1.54) is 15.9 Å². The molecule has 11 nitrogen and oxygen atoms in total. The summed E-state index contributed by atoms with van der Waals surface area (Å²) in [6, 6.07) is 4.50. The first-order valence-corrected chi connectivity index (χ1v) is 13.2. The van der Waals surface area contributed by atoms with Crippen molar-refractivity contribution in [2.45, 2.75) is 46.6 Å². The van der Waals surface area contributed by atoms with Crippen molar-refractivity contribution in [1.82, 2.24) is 20.1 Å². The molecule has 3 rings (SSSR count). The number of halogens is 1. The molecule has 2 aromatic rings. The fourth-order valence-corrected chi connectivity index (χ4v) is 4.29. The minimum absolute atomic E-state index is 0.00808. The van der Waals surface area contributed by atoms with Crippen molar-refractivity contribution < 1.29 is 33.8 Å². The Morgan fingerprint density at radius 3 is 2.36 bits per heavy atom. The zero-order chi connectivity index (χ0) is 28.9. The Labute approximate surface area is 232 Å². The second-order valence-electron chi connectivity index (χ2n) is 10.3. The molecule has 0 radical (unpaired) electrons. The minimum atomic E-state index is -1.15. The third kappa shape index (κ3) is 7.72. The standard InChI is InChI=1S/C27H35ClN4O7/c1-6-38-26(37)32-11-9-31(10-12-32)24(35)17(25(36)39-27(3,4)5)7-8-29-23(34)21-15-22(33)18-14-19(28)16(2)13-20(18)30-21/h13-15,17H,6-12H2,1-5H3,(H,29,34)(H,30,33). The highest BCUT2D eigenvalue weighted by atomic mass is 35.5. The number of carbonyl (C=O) groups excluding carboxylic acids is 4. The van der Waals surface area contributed by atoms with Crippen molar-refractivity contribution in [3.63, 3.8) is 0 Å². The summed E-state index contributed by atoms with van der Waals surface area (Å²) >= 11 is 6.13. The molecule has 1 atom stereocenters. The van der Waals surface area contributed by atoms with Crippen molar-refractivity contribution in [2.24, 2.45) is 5.92 Å². The van der Waals surface area contributed by atoms with E-state index in [1.807, 2.05) is 0 Å². The van der Waals surface area contributed by atoms with E-state index in [0.717, 1.165) is 5.56 Å². The molecule has 1 fully saturated rings. The van der Waals surface area contributed by atoms with Gasteiger partial charge in [-0.1, -0.05) is 11.6 Å². The first-order chi connectivity index (χ1) is 18.3. The number of nitrogens with zero attached hydrogens (tertiary/aromatic N) is 3. The van der Waals surface area contributed by atoms with E-state index in [1.54, 1.807) is 46.8 Å². The van der Waals surface area contributed by atoms with Crippen molar-refractivity contribution in [3.05, 3.63) is 34.5 Å². The SMILES string of the molecule is CCOC(=O)N1CCN(C(=O)C(CCNC(=O)c2cc(O)c3cc(Cl)c(C)cc3n2)C(=O)OC(C)(C)C)CC1. The highest BCUT2D eigenvalue weighted by molar-refractivity contribution is 6.32. The molecule has 0 aliphatic carbocycles. The van der Waals surface area contributed by atoms with Crippen molar-refractivity contribution in [1.29, 1.82) is 0 Å². The Bertz CT molecular complexity index is 1250. The molecule has 1 aliphatic heterocycles. The molecular weight excluding hydrogens is 528 g/mol. The van der Waals surface area contributed by atoms with Crippen LogP contribution in [-0.2, 0) is 19.1 Å². The average molecular weight is 563 g/mol. The average Bonchev–Trinajstić information content (AvgIpc) is 2.86. The van der Waals surface area contributed by atoms with Gasteiger partial charge in [-0.25, -0.2) is 9.78 Å². The van der Waals surface area contributed by atoms with Crippen LogP contribution in [0.25, 0.3) is 10.9 Å². The van der Waals surface area contributed by atoms with Crippen LogP contribution in [0.1, 0.15) is 50.2 Å². The maximum atomic E-state index is 13.3. The van der Waals surface area contributed by atoms with E-state index in [0.29, 0.717) is 15.9 Å². The second kappa shape index (κ2) is 12.5. The van der Waals surface area contributed by atoms with Gasteiger partial charge in [0.2, 0.25) is 5.91 Å². The summed E-state index contributed by atoms with van der Waals surface area (Å²) < 4.78 is 10.5. The zero-order valence-electron chi connectivity index (χ0n) is 22.9. The summed E-state index contributed by atoms with van der Waals surface area (Å²) in [5, 5.41) is 13.9. The largest absolute Gasteiger partial charge is 0.507 e. The van der Waals surface area contributed by atoms with Crippen LogP contribution in [0.3, 0.4) is 0 Å². The molecule has 2 N–H and O–H groups in total. The van der Waals surface area contributed by atoms with E-state index < -0.39 is 35.4 Å². The summed E-state index contributed by atoms with van der Waals surface area (Å²) in [7, 11) is 0. The molecular formula is C27H35ClN4O7. The van der Waals surface area contributed by atoms with Crippen molar-refractivity contribution >= 4 is 46.4 Å². The van der Waals surface area contributed by atoms with E-state index in [-0.39, 0.29) is 57.2 Å². The number of amides is 3. The molecule has 0 bridgehead atoms. The van der Waals surface area contributed by atoms with Crippen LogP contribution in [0, 0.1) is 12.8 Å². The van der Waals surface area contributed by atoms with Gasteiger partial charge in [-0.15, -0.1) is 0 Å². The fraction of sp³-hybridized carbons (Fsp3) is 0.519. The van der Waals surface area contributed by atoms with Crippen LogP contribution >= 0.6 is 11.6 Å². The number of rotatable bonds is 7. The zero-order valence-corrected chi connectivity index (χ0v) is 23.6. The summed E-state index contributed by atoms with van der Waals surface area (Å²) in [5.74, 6) is -2.99. The summed E-state index contributed by atoms with van der Waals surface area (Å²) in [5.41, 5.74) is 0.327. The van der Waals surface area contributed by atoms with Crippen LogP contribution in [0.4, 0.5) is 4.79 Å². The van der Waals surface area contributed by atoms with E-state index in [9.17, 15) is 24.3 Å². The second-order valence-corrected chi connectivity index (χ2v) is 10.7. The number of aromatic nitrogens is 1. The number of ether oxygens (including phenoxy) is 2. The molecule has 0 saturated carbocycles. The predicted molar refractivity (Wildman–Crippen MR) is 145 cm³/mol. The molecule has 1 aliphatic rings. The lowest BCUT2D eigenvalue weighted by Crippen LogP contribution is -2.53. The molecule has 1 aromatic heterocycles. The Balaban J connectivity index is 1.68. The van der Waals surface area contributed by atoms with Gasteiger partial charge in [0.05, 0.1) is 12.1 Å². The van der Waals surface area contributed by atoms with Gasteiger partial charge in [-0.2, -0.15) is 0 Å². The third-order valence-corrected chi connectivity index (χ3v) is 6.53. The fourth-order valence-electron chi connectivity index (χ4n) is 4.13. The monoisotopic (exact) mass is 562 g/mol. The summed E-state index contributed by atoms with van der Waals surface area (Å²) in [6.45, 7) is 9.92. The topological polar surface area (TPSA) is 138 Å². The Morgan fingerprint density at radius 1 is 1.10 bits per heavy atom. The number of aryl methyl sites for hydroxylation is 1. The lowest BCUT2D eigenvalue weighted by atomic mass is 10.0. The number of benzene rings is 1. The smallest absolute Gasteiger partial charge is 0.409 e. The molecule has 1 aromatic carbocycles. The van der Waals surface area contributed by atoms with E-state index in [4.69, 9.17) is 21.1 Å². The van der Waals surface area contributed by atoms with Crippen LogP contribution in [0.5, 0.6) is 5.75 Å². The summed E-state index contributed by atoms with van der Waals surface area (Å²) in [6.07, 6.45) is -0.450. The number of nitrogens with one attached hydrogen (secondary N) is 1. The van der Waals surface area contributed by atoms with Gasteiger partial charge >= 0.3 is 12.1 Å². The maximum absolute atomic E-state index is 13.3. The lowest BCUT2D eigenvalue weighted by molar-refractivity contribution is -0.165. The van der Waals surface area contributed by atoms with Gasteiger partial charge in [0.25, 0.3) is 5.91 Å². The van der Waals surface area contributed by atoms with Crippen LogP contribution in [0.15, 0.2) is 18.2 Å².